The Bertz CT molecular complexity index is 1270. The number of ether oxygens (including phenoxy) is 4. The molecule has 1 saturated heterocycles. The Labute approximate surface area is 179 Å². The molecular formula is C18H22N4O10. The lowest BCUT2D eigenvalue weighted by molar-refractivity contribution is -0.166. The van der Waals surface area contributed by atoms with Crippen molar-refractivity contribution in [3.8, 4) is 0 Å². The van der Waals surface area contributed by atoms with Gasteiger partial charge in [-0.25, -0.2) is 14.2 Å². The first kappa shape index (κ1) is 23.0. The van der Waals surface area contributed by atoms with Crippen LogP contribution in [0.5, 0.6) is 0 Å². The van der Waals surface area contributed by atoms with Crippen molar-refractivity contribution in [3.05, 3.63) is 31.3 Å². The second-order valence-electron chi connectivity index (χ2n) is 7.22. The highest BCUT2D eigenvalue weighted by Gasteiger charge is 2.51. The molecule has 2 aromatic rings. The van der Waals surface area contributed by atoms with Gasteiger partial charge in [0.15, 0.2) is 29.6 Å². The fourth-order valence-electron chi connectivity index (χ4n) is 3.63. The number of fused-ring (bicyclic) bond motifs is 1. The molecule has 174 valence electrons. The van der Waals surface area contributed by atoms with Gasteiger partial charge in [0.05, 0.1) is 0 Å². The van der Waals surface area contributed by atoms with Gasteiger partial charge in [0.2, 0.25) is 0 Å². The van der Waals surface area contributed by atoms with Crippen molar-refractivity contribution < 1.29 is 33.3 Å². The third-order valence-corrected chi connectivity index (χ3v) is 4.91. The van der Waals surface area contributed by atoms with Gasteiger partial charge in [0.25, 0.3) is 5.56 Å². The Hall–Kier alpha value is -3.68. The van der Waals surface area contributed by atoms with E-state index in [1.807, 2.05) is 0 Å². The van der Waals surface area contributed by atoms with Crippen LogP contribution in [-0.4, -0.2) is 61.5 Å². The molecule has 0 aromatic carbocycles. The number of hydrogen-bond acceptors (Lipinski definition) is 10. The maximum atomic E-state index is 12.8. The van der Waals surface area contributed by atoms with Crippen LogP contribution < -0.4 is 16.9 Å². The number of carbonyl (C=O) groups excluding carboxylic acids is 3. The summed E-state index contributed by atoms with van der Waals surface area (Å²) in [6, 6.07) is 0. The van der Waals surface area contributed by atoms with Gasteiger partial charge in [-0.05, 0) is 0 Å². The molecule has 0 unspecified atom stereocenters. The summed E-state index contributed by atoms with van der Waals surface area (Å²) >= 11 is 0. The molecule has 1 N–H and O–H groups in total. The van der Waals surface area contributed by atoms with Gasteiger partial charge in [-0.3, -0.25) is 33.3 Å². The molecule has 0 amide bonds. The first-order valence-corrected chi connectivity index (χ1v) is 9.47. The summed E-state index contributed by atoms with van der Waals surface area (Å²) in [6.45, 7) is 3.00. The van der Waals surface area contributed by atoms with E-state index >= 15 is 0 Å². The molecule has 1 aliphatic heterocycles. The van der Waals surface area contributed by atoms with Gasteiger partial charge in [0.1, 0.15) is 12.7 Å². The molecule has 14 heteroatoms. The average molecular weight is 454 g/mol. The van der Waals surface area contributed by atoms with Gasteiger partial charge < -0.3 is 18.9 Å². The summed E-state index contributed by atoms with van der Waals surface area (Å²) in [5.41, 5.74) is -2.62. The van der Waals surface area contributed by atoms with E-state index in [0.29, 0.717) is 0 Å². The van der Waals surface area contributed by atoms with E-state index < -0.39 is 59.4 Å². The molecule has 0 bridgehead atoms. The van der Waals surface area contributed by atoms with Gasteiger partial charge in [-0.1, -0.05) is 0 Å². The lowest BCUT2D eigenvalue weighted by atomic mass is 10.1. The highest BCUT2D eigenvalue weighted by atomic mass is 16.7. The highest BCUT2D eigenvalue weighted by Crippen LogP contribution is 2.34. The number of hydrogen-bond donors (Lipinski definition) is 1. The van der Waals surface area contributed by atoms with Crippen molar-refractivity contribution in [2.75, 3.05) is 6.61 Å². The standard InChI is InChI=1S/C18H22N4O10/c1-7(23)29-6-10-12(30-8(2)24)13(31-9(3)25)16(32-10)22-14-11(19-17(22)27)15(26)21(5)18(28)20(14)4/h10,12-13,16H,6H2,1-5H3,(H,19,27)/t10-,12-,13-,16-/m1/s1. The number of aromatic nitrogens is 4. The van der Waals surface area contributed by atoms with Crippen molar-refractivity contribution in [2.24, 2.45) is 14.1 Å². The van der Waals surface area contributed by atoms with E-state index in [4.69, 9.17) is 18.9 Å². The maximum absolute atomic E-state index is 12.8. The first-order chi connectivity index (χ1) is 14.9. The smallest absolute Gasteiger partial charge is 0.332 e. The Morgan fingerprint density at radius 2 is 1.53 bits per heavy atom. The Morgan fingerprint density at radius 3 is 2.09 bits per heavy atom. The number of H-pyrrole nitrogens is 1. The number of aryl methyl sites for hydroxylation is 1. The number of rotatable bonds is 5. The summed E-state index contributed by atoms with van der Waals surface area (Å²) in [7, 11) is 2.59. The van der Waals surface area contributed by atoms with Gasteiger partial charge >= 0.3 is 29.3 Å². The monoisotopic (exact) mass is 454 g/mol. The van der Waals surface area contributed by atoms with E-state index in [1.165, 1.54) is 14.1 Å². The van der Waals surface area contributed by atoms with Crippen LogP contribution in [0.2, 0.25) is 0 Å². The predicted molar refractivity (Wildman–Crippen MR) is 105 cm³/mol. The van der Waals surface area contributed by atoms with Crippen LogP contribution in [0.3, 0.4) is 0 Å². The molecule has 14 nitrogen and oxygen atoms in total. The molecule has 1 fully saturated rings. The van der Waals surface area contributed by atoms with E-state index in [1.54, 1.807) is 0 Å². The number of esters is 3. The summed E-state index contributed by atoms with van der Waals surface area (Å²) in [5, 5.41) is 0. The van der Waals surface area contributed by atoms with E-state index in [0.717, 1.165) is 34.5 Å². The molecule has 0 radical (unpaired) electrons. The Morgan fingerprint density at radius 1 is 0.938 bits per heavy atom. The van der Waals surface area contributed by atoms with Crippen molar-refractivity contribution in [2.45, 2.75) is 45.3 Å². The summed E-state index contributed by atoms with van der Waals surface area (Å²) in [4.78, 5) is 74.9. The zero-order valence-corrected chi connectivity index (χ0v) is 17.9. The zero-order chi connectivity index (χ0) is 23.9. The van der Waals surface area contributed by atoms with Gasteiger partial charge in [-0.2, -0.15) is 0 Å². The average Bonchev–Trinajstić information content (AvgIpc) is 3.20. The van der Waals surface area contributed by atoms with Crippen LogP contribution in [0.25, 0.3) is 11.2 Å². The van der Waals surface area contributed by atoms with Crippen molar-refractivity contribution >= 4 is 29.1 Å². The number of nitrogens with one attached hydrogen (secondary N) is 1. The second kappa shape index (κ2) is 8.45. The summed E-state index contributed by atoms with van der Waals surface area (Å²) < 4.78 is 24.1. The topological polar surface area (TPSA) is 170 Å². The van der Waals surface area contributed by atoms with Crippen molar-refractivity contribution in [3.63, 3.8) is 0 Å². The van der Waals surface area contributed by atoms with Crippen LogP contribution in [0.4, 0.5) is 0 Å². The van der Waals surface area contributed by atoms with Crippen LogP contribution >= 0.6 is 0 Å². The van der Waals surface area contributed by atoms with Crippen LogP contribution in [-0.2, 0) is 47.4 Å². The zero-order valence-electron chi connectivity index (χ0n) is 17.9. The van der Waals surface area contributed by atoms with Crippen LogP contribution in [0.15, 0.2) is 14.4 Å². The minimum atomic E-state index is -1.41. The fourth-order valence-corrected chi connectivity index (χ4v) is 3.63. The lowest BCUT2D eigenvalue weighted by Crippen LogP contribution is -2.42. The molecule has 0 aliphatic carbocycles. The molecule has 32 heavy (non-hydrogen) atoms. The fraction of sp³-hybridized carbons (Fsp3) is 0.556. The molecule has 0 saturated carbocycles. The van der Waals surface area contributed by atoms with Gasteiger partial charge in [0, 0.05) is 34.9 Å². The second-order valence-corrected chi connectivity index (χ2v) is 7.22. The predicted octanol–water partition coefficient (Wildman–Crippen LogP) is -1.95. The molecular weight excluding hydrogens is 432 g/mol. The van der Waals surface area contributed by atoms with Crippen LogP contribution in [0, 0.1) is 0 Å². The maximum Gasteiger partial charge on any atom is 0.332 e. The molecule has 3 rings (SSSR count). The van der Waals surface area contributed by atoms with Crippen LogP contribution in [0.1, 0.15) is 27.0 Å². The molecule has 2 aromatic heterocycles. The number of carbonyl (C=O) groups is 3. The number of imidazole rings is 1. The van der Waals surface area contributed by atoms with E-state index in [9.17, 15) is 28.8 Å². The Balaban J connectivity index is 2.22. The minimum absolute atomic E-state index is 0.125. The summed E-state index contributed by atoms with van der Waals surface area (Å²) in [5.74, 6) is -2.15. The quantitative estimate of drug-likeness (QED) is 0.396. The SMILES string of the molecule is CC(=O)OC[C@H]1O[C@@H](n2c(=O)[nH]c3c(=O)n(C)c(=O)n(C)c32)[C@H](OC(C)=O)[C@@H]1OC(C)=O. The largest absolute Gasteiger partial charge is 0.463 e. The van der Waals surface area contributed by atoms with E-state index in [-0.39, 0.29) is 17.8 Å². The van der Waals surface area contributed by atoms with Crippen molar-refractivity contribution in [1.82, 2.24) is 18.7 Å². The highest BCUT2D eigenvalue weighted by molar-refractivity contribution is 5.70. The normalized spacial score (nSPS) is 22.7. The molecule has 3 heterocycles. The van der Waals surface area contributed by atoms with Gasteiger partial charge in [-0.15, -0.1) is 0 Å². The number of aromatic amines is 1. The van der Waals surface area contributed by atoms with Crippen molar-refractivity contribution in [1.29, 1.82) is 0 Å². The van der Waals surface area contributed by atoms with E-state index in [2.05, 4.69) is 4.98 Å². The third-order valence-electron chi connectivity index (χ3n) is 4.91. The molecule has 0 spiro atoms. The summed E-state index contributed by atoms with van der Waals surface area (Å²) in [6.07, 6.45) is -5.13. The number of nitrogens with zero attached hydrogens (tertiary/aromatic N) is 3. The lowest BCUT2D eigenvalue weighted by Gasteiger charge is -2.23. The third kappa shape index (κ3) is 3.95. The first-order valence-electron chi connectivity index (χ1n) is 9.47. The minimum Gasteiger partial charge on any atom is -0.463 e. The molecule has 4 atom stereocenters. The Kier molecular flexibility index (Phi) is 6.07. The molecule has 1 aliphatic rings.